The van der Waals surface area contributed by atoms with Crippen molar-refractivity contribution in [3.05, 3.63) is 76.9 Å². The minimum absolute atomic E-state index is 0.626. The van der Waals surface area contributed by atoms with Crippen molar-refractivity contribution in [2.24, 2.45) is 0 Å². The molecule has 0 aliphatic rings. The average Bonchev–Trinajstić information content (AvgIpc) is 2.56. The van der Waals surface area contributed by atoms with Gasteiger partial charge in [-0.25, -0.2) is 4.98 Å². The van der Waals surface area contributed by atoms with Crippen LogP contribution >= 0.6 is 15.9 Å². The molecule has 23 heavy (non-hydrogen) atoms. The smallest absolute Gasteiger partial charge is 0.224 e. The lowest BCUT2D eigenvalue weighted by molar-refractivity contribution is 0.985. The van der Waals surface area contributed by atoms with Crippen LogP contribution < -0.4 is 10.6 Å². The van der Waals surface area contributed by atoms with E-state index in [4.69, 9.17) is 0 Å². The maximum Gasteiger partial charge on any atom is 0.224 e. The van der Waals surface area contributed by atoms with Crippen molar-refractivity contribution in [1.29, 1.82) is 0 Å². The predicted molar refractivity (Wildman–Crippen MR) is 98.1 cm³/mol. The molecular formula is C18H17BrN4. The second-order valence-corrected chi connectivity index (χ2v) is 5.98. The van der Waals surface area contributed by atoms with Crippen LogP contribution in [0.2, 0.25) is 0 Å². The van der Waals surface area contributed by atoms with Gasteiger partial charge in [0.15, 0.2) is 0 Å². The molecule has 0 bridgehead atoms. The molecular weight excluding hydrogens is 352 g/mol. The predicted octanol–water partition coefficient (Wildman–Crippen LogP) is 4.64. The average molecular weight is 369 g/mol. The monoisotopic (exact) mass is 368 g/mol. The molecule has 0 aliphatic heterocycles. The number of hydrogen-bond acceptors (Lipinski definition) is 4. The van der Waals surface area contributed by atoms with Gasteiger partial charge in [-0.3, -0.25) is 0 Å². The molecule has 4 nitrogen and oxygen atoms in total. The van der Waals surface area contributed by atoms with Gasteiger partial charge in [0, 0.05) is 22.9 Å². The lowest BCUT2D eigenvalue weighted by atomic mass is 10.1. The molecule has 0 aliphatic carbocycles. The molecule has 5 heteroatoms. The van der Waals surface area contributed by atoms with Gasteiger partial charge in [-0.15, -0.1) is 0 Å². The van der Waals surface area contributed by atoms with Crippen LogP contribution in [0.5, 0.6) is 0 Å². The van der Waals surface area contributed by atoms with Crippen LogP contribution in [0.25, 0.3) is 0 Å². The lowest BCUT2D eigenvalue weighted by Gasteiger charge is -2.08. The van der Waals surface area contributed by atoms with Crippen molar-refractivity contribution in [2.45, 2.75) is 6.42 Å². The Bertz CT molecular complexity index is 762. The SMILES string of the molecule is Brc1cccc(Nc2ccnc(NCCc3ccccc3)n2)c1. The Hall–Kier alpha value is -2.40. The van der Waals surface area contributed by atoms with E-state index >= 15 is 0 Å². The highest BCUT2D eigenvalue weighted by atomic mass is 79.9. The van der Waals surface area contributed by atoms with Gasteiger partial charge < -0.3 is 10.6 Å². The highest BCUT2D eigenvalue weighted by Gasteiger charge is 2.00. The van der Waals surface area contributed by atoms with Gasteiger partial charge in [0.2, 0.25) is 5.95 Å². The highest BCUT2D eigenvalue weighted by Crippen LogP contribution is 2.19. The molecule has 0 atom stereocenters. The topological polar surface area (TPSA) is 49.8 Å². The number of nitrogens with zero attached hydrogens (tertiary/aromatic N) is 2. The molecule has 2 N–H and O–H groups in total. The van der Waals surface area contributed by atoms with Gasteiger partial charge in [0.1, 0.15) is 5.82 Å². The third-order valence-electron chi connectivity index (χ3n) is 3.29. The minimum Gasteiger partial charge on any atom is -0.354 e. The van der Waals surface area contributed by atoms with Gasteiger partial charge >= 0.3 is 0 Å². The Kier molecular flexibility index (Phi) is 5.21. The number of anilines is 3. The molecule has 2 aromatic carbocycles. The van der Waals surface area contributed by atoms with Gasteiger partial charge in [0.25, 0.3) is 0 Å². The van der Waals surface area contributed by atoms with E-state index in [-0.39, 0.29) is 0 Å². The number of rotatable bonds is 6. The Morgan fingerprint density at radius 2 is 1.83 bits per heavy atom. The molecule has 1 aromatic heterocycles. The Balaban J connectivity index is 1.59. The summed E-state index contributed by atoms with van der Waals surface area (Å²) in [5.41, 5.74) is 2.27. The minimum atomic E-state index is 0.626. The summed E-state index contributed by atoms with van der Waals surface area (Å²) >= 11 is 3.46. The number of hydrogen-bond donors (Lipinski definition) is 2. The largest absolute Gasteiger partial charge is 0.354 e. The zero-order chi connectivity index (χ0) is 15.9. The van der Waals surface area contributed by atoms with Crippen LogP contribution in [-0.4, -0.2) is 16.5 Å². The first-order valence-electron chi connectivity index (χ1n) is 7.43. The zero-order valence-corrected chi connectivity index (χ0v) is 14.1. The van der Waals surface area contributed by atoms with E-state index in [9.17, 15) is 0 Å². The fraction of sp³-hybridized carbons (Fsp3) is 0.111. The summed E-state index contributed by atoms with van der Waals surface area (Å²) in [5, 5.41) is 6.53. The van der Waals surface area contributed by atoms with Crippen LogP contribution in [0, 0.1) is 0 Å². The first-order chi connectivity index (χ1) is 11.3. The van der Waals surface area contributed by atoms with E-state index in [0.29, 0.717) is 5.95 Å². The molecule has 0 saturated heterocycles. The van der Waals surface area contributed by atoms with E-state index in [2.05, 4.69) is 48.7 Å². The summed E-state index contributed by atoms with van der Waals surface area (Å²) in [6, 6.07) is 20.2. The summed E-state index contributed by atoms with van der Waals surface area (Å²) in [5.74, 6) is 1.39. The van der Waals surface area contributed by atoms with Crippen molar-refractivity contribution < 1.29 is 0 Å². The van der Waals surface area contributed by atoms with Crippen LogP contribution in [0.4, 0.5) is 17.5 Å². The quantitative estimate of drug-likeness (QED) is 0.665. The van der Waals surface area contributed by atoms with Crippen LogP contribution in [0.15, 0.2) is 71.3 Å². The first kappa shape index (κ1) is 15.5. The van der Waals surface area contributed by atoms with E-state index in [1.807, 2.05) is 48.5 Å². The van der Waals surface area contributed by atoms with E-state index < -0.39 is 0 Å². The number of aromatic nitrogens is 2. The summed E-state index contributed by atoms with van der Waals surface area (Å²) in [4.78, 5) is 8.74. The molecule has 0 saturated carbocycles. The molecule has 0 radical (unpaired) electrons. The number of benzene rings is 2. The molecule has 1 heterocycles. The number of halogens is 1. The van der Waals surface area contributed by atoms with Crippen molar-refractivity contribution in [1.82, 2.24) is 9.97 Å². The molecule has 0 fully saturated rings. The van der Waals surface area contributed by atoms with Gasteiger partial charge in [0.05, 0.1) is 0 Å². The first-order valence-corrected chi connectivity index (χ1v) is 8.22. The van der Waals surface area contributed by atoms with E-state index in [1.54, 1.807) is 6.20 Å². The molecule has 116 valence electrons. The van der Waals surface area contributed by atoms with E-state index in [0.717, 1.165) is 28.9 Å². The lowest BCUT2D eigenvalue weighted by Crippen LogP contribution is -2.08. The third-order valence-corrected chi connectivity index (χ3v) is 3.79. The van der Waals surface area contributed by atoms with Crippen LogP contribution in [0.3, 0.4) is 0 Å². The zero-order valence-electron chi connectivity index (χ0n) is 12.5. The van der Waals surface area contributed by atoms with Crippen LogP contribution in [0.1, 0.15) is 5.56 Å². The van der Waals surface area contributed by atoms with Crippen molar-refractivity contribution >= 4 is 33.4 Å². The molecule has 3 rings (SSSR count). The maximum atomic E-state index is 4.48. The van der Waals surface area contributed by atoms with E-state index in [1.165, 1.54) is 5.56 Å². The van der Waals surface area contributed by atoms with Crippen molar-refractivity contribution in [3.63, 3.8) is 0 Å². The fourth-order valence-corrected chi connectivity index (χ4v) is 2.59. The van der Waals surface area contributed by atoms with Gasteiger partial charge in [-0.2, -0.15) is 4.98 Å². The summed E-state index contributed by atoms with van der Waals surface area (Å²) in [7, 11) is 0. The molecule has 0 spiro atoms. The molecule has 0 unspecified atom stereocenters. The van der Waals surface area contributed by atoms with Crippen LogP contribution in [-0.2, 0) is 6.42 Å². The summed E-state index contributed by atoms with van der Waals surface area (Å²) in [6.45, 7) is 0.796. The van der Waals surface area contributed by atoms with Crippen molar-refractivity contribution in [2.75, 3.05) is 17.2 Å². The third kappa shape index (κ3) is 4.79. The summed E-state index contributed by atoms with van der Waals surface area (Å²) < 4.78 is 1.03. The highest BCUT2D eigenvalue weighted by molar-refractivity contribution is 9.10. The fourth-order valence-electron chi connectivity index (χ4n) is 2.19. The second kappa shape index (κ2) is 7.74. The molecule has 0 amide bonds. The summed E-state index contributed by atoms with van der Waals surface area (Å²) in [6.07, 6.45) is 2.69. The Morgan fingerprint density at radius 3 is 2.65 bits per heavy atom. The Labute approximate surface area is 144 Å². The maximum absolute atomic E-state index is 4.48. The van der Waals surface area contributed by atoms with Crippen molar-refractivity contribution in [3.8, 4) is 0 Å². The standard InChI is InChI=1S/C18H17BrN4/c19-15-7-4-8-16(13-15)22-17-10-12-21-18(23-17)20-11-9-14-5-2-1-3-6-14/h1-8,10,12-13H,9,11H2,(H2,20,21,22,23). The second-order valence-electron chi connectivity index (χ2n) is 5.06. The number of nitrogens with one attached hydrogen (secondary N) is 2. The normalized spacial score (nSPS) is 10.3. The van der Waals surface area contributed by atoms with Gasteiger partial charge in [-0.1, -0.05) is 52.3 Å². The van der Waals surface area contributed by atoms with Gasteiger partial charge in [-0.05, 0) is 36.2 Å². The Morgan fingerprint density at radius 1 is 0.957 bits per heavy atom. The molecule has 3 aromatic rings.